The van der Waals surface area contributed by atoms with Gasteiger partial charge in [0, 0.05) is 35.4 Å². The second-order valence-electron chi connectivity index (χ2n) is 5.14. The Labute approximate surface area is 135 Å². The van der Waals surface area contributed by atoms with Gasteiger partial charge in [0.1, 0.15) is 0 Å². The van der Waals surface area contributed by atoms with E-state index in [1.54, 1.807) is 0 Å². The molecule has 0 bridgehead atoms. The van der Waals surface area contributed by atoms with Crippen LogP contribution >= 0.6 is 27.3 Å². The lowest BCUT2D eigenvalue weighted by Gasteiger charge is -2.39. The number of thiophene rings is 1. The van der Waals surface area contributed by atoms with Crippen LogP contribution in [0.4, 0.5) is 5.82 Å². The highest BCUT2D eigenvalue weighted by Gasteiger charge is 2.28. The van der Waals surface area contributed by atoms with Crippen LogP contribution < -0.4 is 10.2 Å². The molecule has 2 aromatic rings. The Bertz CT molecular complexity index is 637. The average molecular weight is 367 g/mol. The maximum Gasteiger partial charge on any atom is 0.261 e. The van der Waals surface area contributed by atoms with Crippen LogP contribution in [0, 0.1) is 12.8 Å². The van der Waals surface area contributed by atoms with Crippen molar-refractivity contribution in [3.05, 3.63) is 38.6 Å². The zero-order valence-electron chi connectivity index (χ0n) is 11.5. The molecule has 1 N–H and O–H groups in total. The standard InChI is InChI=1S/C14H15BrN4OS/c1-9-2-3-13(18-17-9)19-6-10(7-19)5-16-14(20)12-4-11(15)8-21-12/h2-4,8,10H,5-7H2,1H3,(H,16,20). The van der Waals surface area contributed by atoms with Crippen molar-refractivity contribution in [3.63, 3.8) is 0 Å². The van der Waals surface area contributed by atoms with Crippen molar-refractivity contribution >= 4 is 39.0 Å². The van der Waals surface area contributed by atoms with Gasteiger partial charge in [-0.2, -0.15) is 5.10 Å². The highest BCUT2D eigenvalue weighted by atomic mass is 79.9. The van der Waals surface area contributed by atoms with E-state index < -0.39 is 0 Å². The molecule has 1 amide bonds. The second kappa shape index (κ2) is 6.11. The van der Waals surface area contributed by atoms with E-state index in [4.69, 9.17) is 0 Å². The molecule has 1 saturated heterocycles. The maximum absolute atomic E-state index is 11.9. The Balaban J connectivity index is 1.45. The van der Waals surface area contributed by atoms with Crippen molar-refractivity contribution in [1.29, 1.82) is 0 Å². The fraction of sp³-hybridized carbons (Fsp3) is 0.357. The third kappa shape index (κ3) is 3.41. The highest BCUT2D eigenvalue weighted by Crippen LogP contribution is 2.22. The van der Waals surface area contributed by atoms with E-state index in [1.165, 1.54) is 11.3 Å². The van der Waals surface area contributed by atoms with E-state index in [0.29, 0.717) is 12.5 Å². The molecular weight excluding hydrogens is 352 g/mol. The van der Waals surface area contributed by atoms with Crippen LogP contribution in [0.15, 0.2) is 28.1 Å². The van der Waals surface area contributed by atoms with Crippen molar-refractivity contribution in [2.24, 2.45) is 5.92 Å². The lowest BCUT2D eigenvalue weighted by molar-refractivity contribution is 0.0948. The minimum absolute atomic E-state index is 0.000669. The molecule has 3 heterocycles. The predicted molar refractivity (Wildman–Crippen MR) is 86.8 cm³/mol. The number of halogens is 1. The quantitative estimate of drug-likeness (QED) is 0.902. The number of nitrogens with zero attached hydrogens (tertiary/aromatic N) is 3. The van der Waals surface area contributed by atoms with Gasteiger partial charge in [0.15, 0.2) is 5.82 Å². The SMILES string of the molecule is Cc1ccc(N2CC(CNC(=O)c3cc(Br)cs3)C2)nn1. The van der Waals surface area contributed by atoms with E-state index >= 15 is 0 Å². The number of hydrogen-bond donors (Lipinski definition) is 1. The van der Waals surface area contributed by atoms with Crippen molar-refractivity contribution in [2.75, 3.05) is 24.5 Å². The number of hydrogen-bond acceptors (Lipinski definition) is 5. The number of aryl methyl sites for hydroxylation is 1. The Morgan fingerprint density at radius 3 is 2.90 bits per heavy atom. The summed E-state index contributed by atoms with van der Waals surface area (Å²) in [5, 5.41) is 13.1. The topological polar surface area (TPSA) is 58.1 Å². The zero-order valence-corrected chi connectivity index (χ0v) is 13.9. The summed E-state index contributed by atoms with van der Waals surface area (Å²) in [4.78, 5) is 14.8. The van der Waals surface area contributed by atoms with Crippen LogP contribution in [-0.2, 0) is 0 Å². The summed E-state index contributed by atoms with van der Waals surface area (Å²) < 4.78 is 0.949. The molecule has 1 fully saturated rings. The number of amides is 1. The predicted octanol–water partition coefficient (Wildman–Crippen LogP) is 2.48. The van der Waals surface area contributed by atoms with E-state index in [-0.39, 0.29) is 5.91 Å². The molecule has 0 aliphatic carbocycles. The van der Waals surface area contributed by atoms with Gasteiger partial charge < -0.3 is 10.2 Å². The monoisotopic (exact) mass is 366 g/mol. The van der Waals surface area contributed by atoms with E-state index in [9.17, 15) is 4.79 Å². The Kier molecular flexibility index (Phi) is 4.21. The van der Waals surface area contributed by atoms with Crippen molar-refractivity contribution in [1.82, 2.24) is 15.5 Å². The molecule has 0 unspecified atom stereocenters. The van der Waals surface area contributed by atoms with E-state index in [1.807, 2.05) is 30.5 Å². The van der Waals surface area contributed by atoms with Crippen LogP contribution in [0.3, 0.4) is 0 Å². The van der Waals surface area contributed by atoms with E-state index in [0.717, 1.165) is 34.0 Å². The van der Waals surface area contributed by atoms with Crippen molar-refractivity contribution in [3.8, 4) is 0 Å². The molecule has 1 aliphatic heterocycles. The smallest absolute Gasteiger partial charge is 0.261 e. The minimum Gasteiger partial charge on any atom is -0.354 e. The normalized spacial score (nSPS) is 14.9. The number of nitrogens with one attached hydrogen (secondary N) is 1. The fourth-order valence-corrected chi connectivity index (χ4v) is 3.55. The van der Waals surface area contributed by atoms with Gasteiger partial charge in [-0.1, -0.05) is 0 Å². The van der Waals surface area contributed by atoms with Crippen molar-refractivity contribution < 1.29 is 4.79 Å². The third-order valence-electron chi connectivity index (χ3n) is 3.41. The molecule has 5 nitrogen and oxygen atoms in total. The van der Waals surface area contributed by atoms with Crippen LogP contribution in [0.5, 0.6) is 0 Å². The van der Waals surface area contributed by atoms with Crippen LogP contribution in [0.25, 0.3) is 0 Å². The van der Waals surface area contributed by atoms with Gasteiger partial charge in [0.25, 0.3) is 5.91 Å². The van der Waals surface area contributed by atoms with Crippen LogP contribution in [0.1, 0.15) is 15.4 Å². The molecule has 0 radical (unpaired) electrons. The number of aromatic nitrogens is 2. The Hall–Kier alpha value is -1.47. The fourth-order valence-electron chi connectivity index (χ4n) is 2.20. The largest absolute Gasteiger partial charge is 0.354 e. The molecular formula is C14H15BrN4OS. The summed E-state index contributed by atoms with van der Waals surface area (Å²) in [6, 6.07) is 5.79. The third-order valence-corrected chi connectivity index (χ3v) is 5.10. The van der Waals surface area contributed by atoms with Gasteiger partial charge in [-0.05, 0) is 41.1 Å². The molecule has 21 heavy (non-hydrogen) atoms. The molecule has 0 aromatic carbocycles. The Morgan fingerprint density at radius 1 is 1.48 bits per heavy atom. The molecule has 110 valence electrons. The number of anilines is 1. The van der Waals surface area contributed by atoms with Gasteiger partial charge >= 0.3 is 0 Å². The summed E-state index contributed by atoms with van der Waals surface area (Å²) in [5.41, 5.74) is 0.921. The minimum atomic E-state index is -0.000669. The number of carbonyl (C=O) groups excluding carboxylic acids is 1. The first-order chi connectivity index (χ1) is 10.1. The molecule has 7 heteroatoms. The maximum atomic E-state index is 11.9. The van der Waals surface area contributed by atoms with E-state index in [2.05, 4.69) is 36.3 Å². The van der Waals surface area contributed by atoms with Gasteiger partial charge in [-0.25, -0.2) is 0 Å². The Morgan fingerprint density at radius 2 is 2.29 bits per heavy atom. The van der Waals surface area contributed by atoms with Gasteiger partial charge in [0.2, 0.25) is 0 Å². The molecule has 0 atom stereocenters. The first-order valence-electron chi connectivity index (χ1n) is 6.69. The lowest BCUT2D eigenvalue weighted by Crippen LogP contribution is -2.51. The van der Waals surface area contributed by atoms with Gasteiger partial charge in [0.05, 0.1) is 10.6 Å². The number of rotatable bonds is 4. The van der Waals surface area contributed by atoms with Gasteiger partial charge in [-0.15, -0.1) is 16.4 Å². The molecule has 2 aromatic heterocycles. The molecule has 0 spiro atoms. The summed E-state index contributed by atoms with van der Waals surface area (Å²) >= 11 is 4.80. The summed E-state index contributed by atoms with van der Waals surface area (Å²) in [5.74, 6) is 1.38. The van der Waals surface area contributed by atoms with Crippen LogP contribution in [-0.4, -0.2) is 35.7 Å². The first-order valence-corrected chi connectivity index (χ1v) is 8.36. The van der Waals surface area contributed by atoms with Gasteiger partial charge in [-0.3, -0.25) is 4.79 Å². The summed E-state index contributed by atoms with van der Waals surface area (Å²) in [7, 11) is 0. The van der Waals surface area contributed by atoms with Crippen molar-refractivity contribution in [2.45, 2.75) is 6.92 Å². The lowest BCUT2D eigenvalue weighted by atomic mass is 10.0. The summed E-state index contributed by atoms with van der Waals surface area (Å²) in [6.45, 7) is 4.44. The summed E-state index contributed by atoms with van der Waals surface area (Å²) in [6.07, 6.45) is 0. The zero-order chi connectivity index (χ0) is 14.8. The number of carbonyl (C=O) groups is 1. The highest BCUT2D eigenvalue weighted by molar-refractivity contribution is 9.10. The average Bonchev–Trinajstić information content (AvgIpc) is 2.85. The molecule has 0 saturated carbocycles. The second-order valence-corrected chi connectivity index (χ2v) is 6.97. The first kappa shape index (κ1) is 14.5. The molecule has 3 rings (SSSR count). The van der Waals surface area contributed by atoms with Crippen LogP contribution in [0.2, 0.25) is 0 Å². The molecule has 1 aliphatic rings.